The van der Waals surface area contributed by atoms with Gasteiger partial charge in [-0.15, -0.1) is 0 Å². The topological polar surface area (TPSA) is 130 Å². The van der Waals surface area contributed by atoms with Crippen LogP contribution < -0.4 is 0 Å². The molecule has 0 spiro atoms. The second-order valence-corrected chi connectivity index (χ2v) is 8.30. The largest absolute Gasteiger partial charge is 0.319 e. The van der Waals surface area contributed by atoms with Crippen LogP contribution in [-0.2, 0) is 0 Å². The van der Waals surface area contributed by atoms with E-state index in [0.29, 0.717) is 18.9 Å². The molecule has 1 aromatic rings. The van der Waals surface area contributed by atoms with Crippen LogP contribution in [-0.4, -0.2) is 32.7 Å². The van der Waals surface area contributed by atoms with E-state index in [0.717, 1.165) is 31.0 Å². The number of likely N-dealkylation sites (tertiary alicyclic amines) is 1. The standard InChI is InChI=1S/C18H18N4O5/c1-16-10-20(18(9-19)8-12(16)3-4-17(16,18)2)15(23)11-5-13(21(24)25)7-14(6-11)22(26)27/h5-7,12H,3-4,8,10H2,1-2H3/t12-,16+,17+,18+/m1/s1. The third-order valence-corrected chi connectivity index (χ3v) is 7.56. The second-order valence-electron chi connectivity index (χ2n) is 8.30. The van der Waals surface area contributed by atoms with Crippen molar-refractivity contribution in [2.45, 2.75) is 38.6 Å². The van der Waals surface area contributed by atoms with Crippen molar-refractivity contribution in [3.05, 3.63) is 44.0 Å². The molecule has 27 heavy (non-hydrogen) atoms. The van der Waals surface area contributed by atoms with Crippen molar-refractivity contribution in [1.82, 2.24) is 4.90 Å². The molecule has 4 atom stereocenters. The highest BCUT2D eigenvalue weighted by Gasteiger charge is 2.78. The Morgan fingerprint density at radius 1 is 1.22 bits per heavy atom. The summed E-state index contributed by atoms with van der Waals surface area (Å²) in [6, 6.07) is 5.31. The second kappa shape index (κ2) is 5.03. The summed E-state index contributed by atoms with van der Waals surface area (Å²) in [5.74, 6) is -0.190. The van der Waals surface area contributed by atoms with Gasteiger partial charge in [0.2, 0.25) is 0 Å². The molecule has 2 saturated carbocycles. The van der Waals surface area contributed by atoms with Gasteiger partial charge in [-0.05, 0) is 30.6 Å². The zero-order chi connectivity index (χ0) is 19.8. The predicted octanol–water partition coefficient (Wildman–Crippen LogP) is 3.05. The van der Waals surface area contributed by atoms with Crippen molar-refractivity contribution in [3.63, 3.8) is 0 Å². The van der Waals surface area contributed by atoms with E-state index >= 15 is 0 Å². The summed E-state index contributed by atoms with van der Waals surface area (Å²) in [5, 5.41) is 32.3. The molecule has 4 bridgehead atoms. The van der Waals surface area contributed by atoms with Gasteiger partial charge in [0.25, 0.3) is 17.3 Å². The summed E-state index contributed by atoms with van der Waals surface area (Å²) in [5.41, 5.74) is -2.65. The third-order valence-electron chi connectivity index (χ3n) is 7.56. The lowest BCUT2D eigenvalue weighted by Crippen LogP contribution is -2.54. The Bertz CT molecular complexity index is 923. The lowest BCUT2D eigenvalue weighted by molar-refractivity contribution is -0.394. The summed E-state index contributed by atoms with van der Waals surface area (Å²) in [7, 11) is 0. The molecular weight excluding hydrogens is 352 g/mol. The minimum absolute atomic E-state index is 0.124. The van der Waals surface area contributed by atoms with Crippen LogP contribution in [0.25, 0.3) is 0 Å². The molecule has 3 fully saturated rings. The molecule has 0 radical (unpaired) electrons. The third kappa shape index (κ3) is 1.85. The first-order valence-corrected chi connectivity index (χ1v) is 8.77. The molecule has 1 aromatic carbocycles. The molecule has 0 aromatic heterocycles. The lowest BCUT2D eigenvalue weighted by atomic mass is 9.66. The number of nitriles is 1. The molecule has 2 aliphatic carbocycles. The van der Waals surface area contributed by atoms with E-state index in [2.05, 4.69) is 13.0 Å². The van der Waals surface area contributed by atoms with Crippen molar-refractivity contribution in [2.75, 3.05) is 6.54 Å². The van der Waals surface area contributed by atoms with E-state index in [4.69, 9.17) is 0 Å². The molecule has 4 rings (SSSR count). The summed E-state index contributed by atoms with van der Waals surface area (Å²) < 4.78 is 0. The molecule has 9 nitrogen and oxygen atoms in total. The van der Waals surface area contributed by atoms with E-state index in [1.807, 2.05) is 6.92 Å². The van der Waals surface area contributed by atoms with Gasteiger partial charge >= 0.3 is 0 Å². The Hall–Kier alpha value is -3.02. The fraction of sp³-hybridized carbons (Fsp3) is 0.556. The van der Waals surface area contributed by atoms with Crippen LogP contribution in [0.4, 0.5) is 11.4 Å². The van der Waals surface area contributed by atoms with Gasteiger partial charge in [-0.25, -0.2) is 0 Å². The summed E-state index contributed by atoms with van der Waals surface area (Å²) in [4.78, 5) is 35.5. The number of nitro benzene ring substituents is 2. The zero-order valence-electron chi connectivity index (χ0n) is 15.0. The van der Waals surface area contributed by atoms with Gasteiger partial charge in [0.05, 0.1) is 27.5 Å². The smallest absolute Gasteiger partial charge is 0.277 e. The summed E-state index contributed by atoms with van der Waals surface area (Å²) >= 11 is 0. The highest BCUT2D eigenvalue weighted by Crippen LogP contribution is 2.75. The van der Waals surface area contributed by atoms with Gasteiger partial charge in [0.15, 0.2) is 0 Å². The maximum Gasteiger partial charge on any atom is 0.277 e. The Kier molecular flexibility index (Phi) is 3.24. The average molecular weight is 370 g/mol. The average Bonchev–Trinajstić information content (AvgIpc) is 3.09. The van der Waals surface area contributed by atoms with Crippen LogP contribution in [0.15, 0.2) is 18.2 Å². The molecular formula is C18H18N4O5. The molecule has 3 aliphatic rings. The number of carbonyl (C=O) groups excluding carboxylic acids is 1. The molecule has 1 heterocycles. The number of hydrogen-bond donors (Lipinski definition) is 0. The van der Waals surface area contributed by atoms with Gasteiger partial charge in [-0.3, -0.25) is 25.0 Å². The molecule has 1 aliphatic heterocycles. The highest BCUT2D eigenvalue weighted by atomic mass is 16.6. The van der Waals surface area contributed by atoms with E-state index < -0.39 is 32.7 Å². The Labute approximate surface area is 154 Å². The van der Waals surface area contributed by atoms with Gasteiger partial charge in [-0.1, -0.05) is 13.8 Å². The quantitative estimate of drug-likeness (QED) is 0.593. The van der Waals surface area contributed by atoms with E-state index in [9.17, 15) is 30.3 Å². The number of nitrogens with zero attached hydrogens (tertiary/aromatic N) is 4. The molecule has 0 unspecified atom stereocenters. The van der Waals surface area contributed by atoms with Gasteiger partial charge < -0.3 is 4.90 Å². The van der Waals surface area contributed by atoms with Crippen LogP contribution in [0, 0.1) is 48.3 Å². The van der Waals surface area contributed by atoms with Crippen LogP contribution in [0.5, 0.6) is 0 Å². The summed E-state index contributed by atoms with van der Waals surface area (Å²) in [6.07, 6.45) is 2.46. The number of piperidine rings is 1. The number of rotatable bonds is 3. The molecule has 1 amide bonds. The predicted molar refractivity (Wildman–Crippen MR) is 92.7 cm³/mol. The number of hydrogen-bond acceptors (Lipinski definition) is 6. The van der Waals surface area contributed by atoms with Gasteiger partial charge in [0.1, 0.15) is 5.54 Å². The first-order valence-electron chi connectivity index (χ1n) is 8.77. The first kappa shape index (κ1) is 17.4. The van der Waals surface area contributed by atoms with Gasteiger partial charge in [-0.2, -0.15) is 5.26 Å². The lowest BCUT2D eigenvalue weighted by Gasteiger charge is -2.43. The van der Waals surface area contributed by atoms with Crippen LogP contribution >= 0.6 is 0 Å². The van der Waals surface area contributed by atoms with Crippen molar-refractivity contribution in [1.29, 1.82) is 5.26 Å². The molecule has 0 N–H and O–H groups in total. The minimum Gasteiger partial charge on any atom is -0.319 e. The highest BCUT2D eigenvalue weighted by molar-refractivity contribution is 5.97. The monoisotopic (exact) mass is 370 g/mol. The van der Waals surface area contributed by atoms with Crippen molar-refractivity contribution in [2.24, 2.45) is 16.7 Å². The minimum atomic E-state index is -0.971. The fourth-order valence-corrected chi connectivity index (χ4v) is 5.84. The number of amides is 1. The van der Waals surface area contributed by atoms with Crippen molar-refractivity contribution < 1.29 is 14.6 Å². The SMILES string of the molecule is C[C@@]12CC[C@@H]3C[C@@]1(C#N)N(C(=O)c1cc([N+](=O)[O-])cc([N+](=O)[O-])c1)C[C@@]32C. The van der Waals surface area contributed by atoms with Crippen molar-refractivity contribution >= 4 is 17.3 Å². The Morgan fingerprint density at radius 2 is 1.81 bits per heavy atom. The molecule has 1 saturated heterocycles. The number of non-ortho nitro benzene ring substituents is 2. The van der Waals surface area contributed by atoms with Crippen molar-refractivity contribution in [3.8, 4) is 6.07 Å². The Morgan fingerprint density at radius 3 is 2.30 bits per heavy atom. The van der Waals surface area contributed by atoms with Crippen LogP contribution in [0.2, 0.25) is 0 Å². The molecule has 9 heteroatoms. The normalized spacial score (nSPS) is 35.9. The number of nitro groups is 2. The fourth-order valence-electron chi connectivity index (χ4n) is 5.84. The molecule has 140 valence electrons. The van der Waals surface area contributed by atoms with Crippen LogP contribution in [0.1, 0.15) is 43.5 Å². The Balaban J connectivity index is 1.80. The number of carbonyl (C=O) groups is 1. The van der Waals surface area contributed by atoms with Gasteiger partial charge in [0, 0.05) is 24.1 Å². The number of benzene rings is 1. The zero-order valence-corrected chi connectivity index (χ0v) is 15.0. The maximum absolute atomic E-state index is 13.2. The van der Waals surface area contributed by atoms with E-state index in [-0.39, 0.29) is 16.4 Å². The van der Waals surface area contributed by atoms with E-state index in [1.165, 1.54) is 4.90 Å². The first-order chi connectivity index (χ1) is 12.6. The maximum atomic E-state index is 13.2. The summed E-state index contributed by atoms with van der Waals surface area (Å²) in [6.45, 7) is 4.54. The van der Waals surface area contributed by atoms with Crippen LogP contribution in [0.3, 0.4) is 0 Å². The van der Waals surface area contributed by atoms with E-state index in [1.54, 1.807) is 0 Å².